The smallest absolute Gasteiger partial charge is 0.248 e. The Balaban J connectivity index is 2.40. The Morgan fingerprint density at radius 1 is 1.77 bits per heavy atom. The Labute approximate surface area is 75.5 Å². The summed E-state index contributed by atoms with van der Waals surface area (Å²) in [5.74, 6) is 4.19. The molecular weight excluding hydrogens is 172 g/mol. The van der Waals surface area contributed by atoms with Crippen molar-refractivity contribution in [1.29, 1.82) is 0 Å². The van der Waals surface area contributed by atoms with Gasteiger partial charge in [-0.3, -0.25) is 15.0 Å². The van der Waals surface area contributed by atoms with Crippen LogP contribution in [0.5, 0.6) is 0 Å². The summed E-state index contributed by atoms with van der Waals surface area (Å²) in [4.78, 5) is 21.9. The average Bonchev–Trinajstić information content (AvgIpc) is 2.43. The molecule has 0 fully saturated rings. The average molecular weight is 184 g/mol. The summed E-state index contributed by atoms with van der Waals surface area (Å²) in [5.41, 5.74) is 5.07. The molecule has 72 valence electrons. The van der Waals surface area contributed by atoms with Gasteiger partial charge in [-0.2, -0.15) is 5.10 Å². The van der Waals surface area contributed by atoms with Gasteiger partial charge in [0.05, 0.1) is 5.92 Å². The topological polar surface area (TPSA) is 96.6 Å². The monoisotopic (exact) mass is 184 g/mol. The third-order valence-electron chi connectivity index (χ3n) is 1.98. The van der Waals surface area contributed by atoms with Crippen molar-refractivity contribution in [3.63, 3.8) is 0 Å². The SMILES string of the molecule is CC1=NNC(=O)C1CCC(=O)NN. The Hall–Kier alpha value is -1.43. The maximum absolute atomic E-state index is 11.1. The first kappa shape index (κ1) is 9.66. The van der Waals surface area contributed by atoms with Crippen LogP contribution in [-0.2, 0) is 9.59 Å². The van der Waals surface area contributed by atoms with Crippen LogP contribution in [0, 0.1) is 5.92 Å². The number of nitrogens with two attached hydrogens (primary N) is 1. The van der Waals surface area contributed by atoms with Gasteiger partial charge in [-0.1, -0.05) is 0 Å². The Kier molecular flexibility index (Phi) is 2.97. The standard InChI is InChI=1S/C7H12N4O2/c1-4-5(7(13)11-10-4)2-3-6(12)9-8/h5H,2-3,8H2,1H3,(H,9,12)(H,11,13). The number of rotatable bonds is 3. The third kappa shape index (κ3) is 2.25. The largest absolute Gasteiger partial charge is 0.294 e. The van der Waals surface area contributed by atoms with E-state index in [9.17, 15) is 9.59 Å². The molecule has 1 rings (SSSR count). The quantitative estimate of drug-likeness (QED) is 0.294. The molecule has 13 heavy (non-hydrogen) atoms. The van der Waals surface area contributed by atoms with Crippen molar-refractivity contribution >= 4 is 17.5 Å². The first-order chi connectivity index (χ1) is 6.15. The van der Waals surface area contributed by atoms with Crippen LogP contribution in [0.1, 0.15) is 19.8 Å². The van der Waals surface area contributed by atoms with Crippen molar-refractivity contribution in [2.24, 2.45) is 16.9 Å². The summed E-state index contributed by atoms with van der Waals surface area (Å²) >= 11 is 0. The summed E-state index contributed by atoms with van der Waals surface area (Å²) in [6.07, 6.45) is 0.686. The highest BCUT2D eigenvalue weighted by Gasteiger charge is 2.26. The molecule has 1 unspecified atom stereocenters. The van der Waals surface area contributed by atoms with Crippen LogP contribution in [0.3, 0.4) is 0 Å². The number of hydrazine groups is 1. The molecule has 0 bridgehead atoms. The molecule has 1 aliphatic rings. The molecule has 2 amide bonds. The van der Waals surface area contributed by atoms with Crippen LogP contribution < -0.4 is 16.7 Å². The fourth-order valence-electron chi connectivity index (χ4n) is 1.18. The number of carbonyl (C=O) groups excluding carboxylic acids is 2. The van der Waals surface area contributed by atoms with Crippen LogP contribution in [0.4, 0.5) is 0 Å². The van der Waals surface area contributed by atoms with Crippen molar-refractivity contribution in [3.8, 4) is 0 Å². The molecule has 0 saturated heterocycles. The summed E-state index contributed by atoms with van der Waals surface area (Å²) in [6.45, 7) is 1.75. The summed E-state index contributed by atoms with van der Waals surface area (Å²) in [6, 6.07) is 0. The highest BCUT2D eigenvalue weighted by Crippen LogP contribution is 2.13. The van der Waals surface area contributed by atoms with E-state index in [1.54, 1.807) is 6.92 Å². The van der Waals surface area contributed by atoms with E-state index in [0.29, 0.717) is 6.42 Å². The van der Waals surface area contributed by atoms with E-state index in [1.165, 1.54) is 0 Å². The van der Waals surface area contributed by atoms with Gasteiger partial charge in [0.1, 0.15) is 0 Å². The zero-order valence-electron chi connectivity index (χ0n) is 7.33. The summed E-state index contributed by atoms with van der Waals surface area (Å²) in [5, 5.41) is 3.76. The first-order valence-corrected chi connectivity index (χ1v) is 3.98. The molecule has 1 aliphatic heterocycles. The minimum absolute atomic E-state index is 0.151. The van der Waals surface area contributed by atoms with Crippen molar-refractivity contribution in [2.45, 2.75) is 19.8 Å². The Morgan fingerprint density at radius 3 is 2.92 bits per heavy atom. The minimum atomic E-state index is -0.280. The fourth-order valence-corrected chi connectivity index (χ4v) is 1.18. The molecule has 0 radical (unpaired) electrons. The third-order valence-corrected chi connectivity index (χ3v) is 1.98. The normalized spacial score (nSPS) is 20.9. The molecule has 0 saturated carbocycles. The second kappa shape index (κ2) is 3.99. The molecule has 1 atom stereocenters. The predicted molar refractivity (Wildman–Crippen MR) is 46.3 cm³/mol. The highest BCUT2D eigenvalue weighted by molar-refractivity contribution is 6.07. The van der Waals surface area contributed by atoms with E-state index >= 15 is 0 Å². The fraction of sp³-hybridized carbons (Fsp3) is 0.571. The van der Waals surface area contributed by atoms with Gasteiger partial charge in [0.2, 0.25) is 11.8 Å². The number of hydrazone groups is 1. The number of hydrogen-bond donors (Lipinski definition) is 3. The maximum atomic E-state index is 11.1. The van der Waals surface area contributed by atoms with Crippen LogP contribution in [0.25, 0.3) is 0 Å². The molecule has 0 aromatic heterocycles. The molecule has 0 spiro atoms. The molecule has 6 heteroatoms. The van der Waals surface area contributed by atoms with E-state index < -0.39 is 0 Å². The molecule has 0 aromatic carbocycles. The van der Waals surface area contributed by atoms with E-state index in [4.69, 9.17) is 5.84 Å². The van der Waals surface area contributed by atoms with Gasteiger partial charge in [-0.05, 0) is 13.3 Å². The zero-order chi connectivity index (χ0) is 9.84. The van der Waals surface area contributed by atoms with E-state index in [1.807, 2.05) is 5.43 Å². The molecule has 6 nitrogen and oxygen atoms in total. The maximum Gasteiger partial charge on any atom is 0.248 e. The lowest BCUT2D eigenvalue weighted by atomic mass is 9.99. The van der Waals surface area contributed by atoms with Crippen LogP contribution in [-0.4, -0.2) is 17.5 Å². The second-order valence-corrected chi connectivity index (χ2v) is 2.89. The van der Waals surface area contributed by atoms with Crippen LogP contribution in [0.15, 0.2) is 5.10 Å². The predicted octanol–water partition coefficient (Wildman–Crippen LogP) is -1.12. The van der Waals surface area contributed by atoms with Crippen LogP contribution in [0.2, 0.25) is 0 Å². The number of amides is 2. The molecular formula is C7H12N4O2. The van der Waals surface area contributed by atoms with Gasteiger partial charge >= 0.3 is 0 Å². The second-order valence-electron chi connectivity index (χ2n) is 2.89. The van der Waals surface area contributed by atoms with E-state index in [-0.39, 0.29) is 24.2 Å². The number of hydrogen-bond acceptors (Lipinski definition) is 4. The van der Waals surface area contributed by atoms with E-state index in [2.05, 4.69) is 10.5 Å². The minimum Gasteiger partial charge on any atom is -0.294 e. The Morgan fingerprint density at radius 2 is 2.46 bits per heavy atom. The van der Waals surface area contributed by atoms with Gasteiger partial charge in [0, 0.05) is 12.1 Å². The highest BCUT2D eigenvalue weighted by atomic mass is 16.2. The first-order valence-electron chi connectivity index (χ1n) is 3.98. The lowest BCUT2D eigenvalue weighted by molar-refractivity contribution is -0.123. The van der Waals surface area contributed by atoms with Crippen molar-refractivity contribution in [3.05, 3.63) is 0 Å². The lowest BCUT2D eigenvalue weighted by Gasteiger charge is -2.05. The number of nitrogens with one attached hydrogen (secondary N) is 2. The van der Waals surface area contributed by atoms with Gasteiger partial charge in [0.25, 0.3) is 0 Å². The molecule has 0 aliphatic carbocycles. The Bertz CT molecular complexity index is 261. The molecule has 4 N–H and O–H groups in total. The molecule has 0 aromatic rings. The van der Waals surface area contributed by atoms with Gasteiger partial charge in [0.15, 0.2) is 0 Å². The summed E-state index contributed by atoms with van der Waals surface area (Å²) in [7, 11) is 0. The van der Waals surface area contributed by atoms with E-state index in [0.717, 1.165) is 5.71 Å². The molecule has 1 heterocycles. The van der Waals surface area contributed by atoms with Crippen molar-refractivity contribution in [1.82, 2.24) is 10.9 Å². The van der Waals surface area contributed by atoms with Gasteiger partial charge in [-0.25, -0.2) is 11.3 Å². The zero-order valence-corrected chi connectivity index (χ0v) is 7.33. The van der Waals surface area contributed by atoms with Crippen molar-refractivity contribution < 1.29 is 9.59 Å². The van der Waals surface area contributed by atoms with Crippen LogP contribution >= 0.6 is 0 Å². The summed E-state index contributed by atoms with van der Waals surface area (Å²) < 4.78 is 0. The van der Waals surface area contributed by atoms with Gasteiger partial charge in [-0.15, -0.1) is 0 Å². The van der Waals surface area contributed by atoms with Crippen molar-refractivity contribution in [2.75, 3.05) is 0 Å². The van der Waals surface area contributed by atoms with Gasteiger partial charge < -0.3 is 0 Å². The number of carbonyl (C=O) groups is 2. The number of nitrogens with zero attached hydrogens (tertiary/aromatic N) is 1. The lowest BCUT2D eigenvalue weighted by Crippen LogP contribution is -2.31.